The van der Waals surface area contributed by atoms with Gasteiger partial charge in [-0.15, -0.1) is 0 Å². The van der Waals surface area contributed by atoms with E-state index >= 15 is 0 Å². The number of nitrogens with zero attached hydrogens (tertiary/aromatic N) is 1. The van der Waals surface area contributed by atoms with Gasteiger partial charge in [-0.05, 0) is 54.4 Å². The van der Waals surface area contributed by atoms with Crippen LogP contribution < -0.4 is 20.3 Å². The van der Waals surface area contributed by atoms with Gasteiger partial charge in [-0.25, -0.2) is 8.42 Å². The number of carbonyl (C=O) groups excluding carboxylic acids is 2. The highest BCUT2D eigenvalue weighted by Gasteiger charge is 2.22. The number of nitrogens with one attached hydrogen (secondary N) is 3. The summed E-state index contributed by atoms with van der Waals surface area (Å²) in [6, 6.07) is 15.7. The molecule has 9 nitrogen and oxygen atoms in total. The lowest BCUT2D eigenvalue weighted by molar-refractivity contribution is 0.0844. The summed E-state index contributed by atoms with van der Waals surface area (Å²) in [6.45, 7) is 2.00. The number of rotatable bonds is 7. The molecule has 1 aromatic heterocycles. The number of amides is 2. The molecule has 0 saturated carbocycles. The highest BCUT2D eigenvalue weighted by atomic mass is 32.2. The molecule has 0 spiro atoms. The smallest absolute Gasteiger partial charge is 0.288 e. The van der Waals surface area contributed by atoms with Gasteiger partial charge >= 0.3 is 0 Å². The van der Waals surface area contributed by atoms with Crippen molar-refractivity contribution in [2.45, 2.75) is 18.2 Å². The zero-order chi connectivity index (χ0) is 23.1. The van der Waals surface area contributed by atoms with E-state index in [9.17, 15) is 18.0 Å². The topological polar surface area (TPSA) is 126 Å². The Bertz CT molecular complexity index is 1210. The molecule has 10 heteroatoms. The van der Waals surface area contributed by atoms with E-state index in [-0.39, 0.29) is 21.9 Å². The van der Waals surface area contributed by atoms with Gasteiger partial charge in [-0.2, -0.15) is 0 Å². The Labute approximate surface area is 185 Å². The number of sulfonamides is 1. The summed E-state index contributed by atoms with van der Waals surface area (Å²) in [5.74, 6) is -1.25. The van der Waals surface area contributed by atoms with Crippen molar-refractivity contribution in [3.8, 4) is 5.75 Å². The van der Waals surface area contributed by atoms with Crippen LogP contribution in [0, 0.1) is 0 Å². The molecule has 0 radical (unpaired) electrons. The van der Waals surface area contributed by atoms with Crippen LogP contribution in [0.15, 0.2) is 71.8 Å². The molecule has 0 atom stereocenters. The van der Waals surface area contributed by atoms with Gasteiger partial charge in [0.05, 0.1) is 7.11 Å². The predicted octanol–water partition coefficient (Wildman–Crippen LogP) is 2.53. The van der Waals surface area contributed by atoms with Crippen LogP contribution in [0.5, 0.6) is 5.75 Å². The van der Waals surface area contributed by atoms with E-state index in [1.165, 1.54) is 37.6 Å². The van der Waals surface area contributed by atoms with Gasteiger partial charge in [0.2, 0.25) is 0 Å². The summed E-state index contributed by atoms with van der Waals surface area (Å²) in [5, 5.41) is 0. The number of carbonyl (C=O) groups is 2. The molecule has 3 rings (SSSR count). The van der Waals surface area contributed by atoms with E-state index in [0.717, 1.165) is 12.0 Å². The normalized spacial score (nSPS) is 10.8. The molecule has 0 saturated heterocycles. The molecule has 0 aliphatic rings. The molecule has 0 unspecified atom stereocenters. The maximum atomic E-state index is 13.0. The third-order valence-corrected chi connectivity index (χ3v) is 5.92. The van der Waals surface area contributed by atoms with Crippen LogP contribution in [0.3, 0.4) is 0 Å². The number of benzene rings is 2. The van der Waals surface area contributed by atoms with Crippen molar-refractivity contribution in [3.63, 3.8) is 0 Å². The minimum atomic E-state index is -4.06. The third-order valence-electron chi connectivity index (χ3n) is 4.52. The van der Waals surface area contributed by atoms with E-state index in [1.54, 1.807) is 24.3 Å². The lowest BCUT2D eigenvalue weighted by Crippen LogP contribution is -2.42. The fourth-order valence-corrected chi connectivity index (χ4v) is 4.05. The van der Waals surface area contributed by atoms with Crippen molar-refractivity contribution in [2.75, 3.05) is 11.8 Å². The average molecular weight is 455 g/mol. The highest BCUT2D eigenvalue weighted by molar-refractivity contribution is 7.92. The number of ether oxygens (including phenoxy) is 1. The molecule has 0 bridgehead atoms. The summed E-state index contributed by atoms with van der Waals surface area (Å²) >= 11 is 0. The molecule has 3 N–H and O–H groups in total. The quantitative estimate of drug-likeness (QED) is 0.471. The summed E-state index contributed by atoms with van der Waals surface area (Å²) in [4.78, 5) is 28.2. The fourth-order valence-electron chi connectivity index (χ4n) is 2.79. The third kappa shape index (κ3) is 5.41. The largest absolute Gasteiger partial charge is 0.495 e. The van der Waals surface area contributed by atoms with Crippen molar-refractivity contribution < 1.29 is 22.7 Å². The zero-order valence-corrected chi connectivity index (χ0v) is 18.3. The summed E-state index contributed by atoms with van der Waals surface area (Å²) in [6.07, 6.45) is 2.27. The van der Waals surface area contributed by atoms with Crippen molar-refractivity contribution in [1.82, 2.24) is 15.8 Å². The molecule has 166 valence electrons. The van der Waals surface area contributed by atoms with Crippen LogP contribution >= 0.6 is 0 Å². The number of anilines is 1. The lowest BCUT2D eigenvalue weighted by Gasteiger charge is -2.14. The van der Waals surface area contributed by atoms with Crippen LogP contribution in [-0.4, -0.2) is 32.3 Å². The Balaban J connectivity index is 1.79. The first kappa shape index (κ1) is 22.8. The second kappa shape index (κ2) is 9.92. The Morgan fingerprint density at radius 3 is 2.31 bits per heavy atom. The number of hydrogen-bond donors (Lipinski definition) is 3. The molecule has 2 aromatic carbocycles. The van der Waals surface area contributed by atoms with Crippen molar-refractivity contribution in [2.24, 2.45) is 0 Å². The predicted molar refractivity (Wildman–Crippen MR) is 119 cm³/mol. The molecule has 0 aliphatic carbocycles. The molecule has 1 heterocycles. The van der Waals surface area contributed by atoms with Crippen LogP contribution in [-0.2, 0) is 16.4 Å². The van der Waals surface area contributed by atoms with E-state index in [4.69, 9.17) is 4.74 Å². The van der Waals surface area contributed by atoms with Crippen LogP contribution in [0.1, 0.15) is 33.3 Å². The number of methoxy groups -OCH3 is 1. The fraction of sp³-hybridized carbons (Fsp3) is 0.136. The number of hydrazine groups is 1. The molecular formula is C22H22N4O5S. The Kier molecular flexibility index (Phi) is 7.06. The second-order valence-corrected chi connectivity index (χ2v) is 8.30. The van der Waals surface area contributed by atoms with E-state index < -0.39 is 21.8 Å². The zero-order valence-electron chi connectivity index (χ0n) is 17.5. The van der Waals surface area contributed by atoms with Gasteiger partial charge in [0.15, 0.2) is 0 Å². The number of aromatic nitrogens is 1. The SMILES string of the molecule is CCc1ccc(NS(=O)(=O)c2cc(C(=O)NNC(=O)c3ccccn3)ccc2OC)cc1. The first-order valence-electron chi connectivity index (χ1n) is 9.65. The van der Waals surface area contributed by atoms with Gasteiger partial charge < -0.3 is 4.74 Å². The first-order chi connectivity index (χ1) is 15.3. The van der Waals surface area contributed by atoms with Gasteiger partial charge in [-0.1, -0.05) is 25.1 Å². The van der Waals surface area contributed by atoms with Crippen LogP contribution in [0.25, 0.3) is 0 Å². The molecule has 2 amide bonds. The van der Waals surface area contributed by atoms with Crippen LogP contribution in [0.4, 0.5) is 5.69 Å². The van der Waals surface area contributed by atoms with Crippen molar-refractivity contribution in [3.05, 3.63) is 83.7 Å². The van der Waals surface area contributed by atoms with Crippen molar-refractivity contribution >= 4 is 27.5 Å². The minimum Gasteiger partial charge on any atom is -0.495 e. The monoisotopic (exact) mass is 454 g/mol. The van der Waals surface area contributed by atoms with Gasteiger partial charge in [0.25, 0.3) is 21.8 Å². The Morgan fingerprint density at radius 1 is 0.969 bits per heavy atom. The number of pyridine rings is 1. The van der Waals surface area contributed by atoms with E-state index in [0.29, 0.717) is 5.69 Å². The molecule has 0 aliphatic heterocycles. The maximum absolute atomic E-state index is 13.0. The standard InChI is InChI=1S/C22H22N4O5S/c1-3-15-7-10-17(11-8-15)26-32(29,30)20-14-16(9-12-19(20)31-2)21(27)24-25-22(28)18-6-4-5-13-23-18/h4-14,26H,3H2,1-2H3,(H,24,27)(H,25,28). The Morgan fingerprint density at radius 2 is 1.69 bits per heavy atom. The number of hydrogen-bond acceptors (Lipinski definition) is 6. The Hall–Kier alpha value is -3.92. The maximum Gasteiger partial charge on any atom is 0.288 e. The van der Waals surface area contributed by atoms with Gasteiger partial charge in [0, 0.05) is 17.4 Å². The van der Waals surface area contributed by atoms with E-state index in [1.807, 2.05) is 19.1 Å². The summed E-state index contributed by atoms with van der Waals surface area (Å²) in [7, 11) is -2.73. The summed E-state index contributed by atoms with van der Waals surface area (Å²) in [5.41, 5.74) is 6.04. The first-order valence-corrected chi connectivity index (χ1v) is 11.1. The van der Waals surface area contributed by atoms with E-state index in [2.05, 4.69) is 20.6 Å². The minimum absolute atomic E-state index is 0.00817. The summed E-state index contributed by atoms with van der Waals surface area (Å²) < 4.78 is 33.6. The second-order valence-electron chi connectivity index (χ2n) is 6.64. The molecule has 3 aromatic rings. The molecular weight excluding hydrogens is 432 g/mol. The number of aryl methyl sites for hydroxylation is 1. The highest BCUT2D eigenvalue weighted by Crippen LogP contribution is 2.27. The van der Waals surface area contributed by atoms with Crippen molar-refractivity contribution in [1.29, 1.82) is 0 Å². The van der Waals surface area contributed by atoms with Crippen LogP contribution in [0.2, 0.25) is 0 Å². The lowest BCUT2D eigenvalue weighted by atomic mass is 10.2. The average Bonchev–Trinajstić information content (AvgIpc) is 2.82. The van der Waals surface area contributed by atoms with Gasteiger partial charge in [0.1, 0.15) is 16.3 Å². The van der Waals surface area contributed by atoms with Gasteiger partial charge in [-0.3, -0.25) is 30.1 Å². The molecule has 32 heavy (non-hydrogen) atoms. The molecule has 0 fully saturated rings.